The number of aryl methyl sites for hydroxylation is 1. The number of rotatable bonds is 3. The molecule has 1 aromatic heterocycles. The van der Waals surface area contributed by atoms with E-state index in [0.717, 1.165) is 31.6 Å². The first-order valence-corrected chi connectivity index (χ1v) is 9.02. The number of benzene rings is 1. The van der Waals surface area contributed by atoms with Crippen molar-refractivity contribution in [3.63, 3.8) is 0 Å². The molecule has 4 rings (SSSR count). The fourth-order valence-corrected chi connectivity index (χ4v) is 3.43. The van der Waals surface area contributed by atoms with Crippen molar-refractivity contribution in [2.75, 3.05) is 46.4 Å². The molecule has 0 unspecified atom stereocenters. The Morgan fingerprint density at radius 2 is 1.77 bits per heavy atom. The molecule has 138 valence electrons. The minimum absolute atomic E-state index is 0.111. The van der Waals surface area contributed by atoms with Gasteiger partial charge in [0.15, 0.2) is 11.5 Å². The van der Waals surface area contributed by atoms with E-state index in [9.17, 15) is 9.59 Å². The van der Waals surface area contributed by atoms with Crippen LogP contribution in [-0.2, 0) is 11.2 Å². The highest BCUT2D eigenvalue weighted by molar-refractivity contribution is 5.83. The number of aromatic amines is 1. The van der Waals surface area contributed by atoms with Crippen LogP contribution < -0.4 is 15.0 Å². The van der Waals surface area contributed by atoms with Crippen LogP contribution in [0.1, 0.15) is 12.0 Å². The minimum atomic E-state index is -0.152. The molecule has 7 heteroatoms. The molecule has 1 amide bonds. The Labute approximate surface area is 151 Å². The summed E-state index contributed by atoms with van der Waals surface area (Å²) >= 11 is 0. The Morgan fingerprint density at radius 1 is 1.08 bits per heavy atom. The van der Waals surface area contributed by atoms with Gasteiger partial charge in [0.25, 0.3) is 5.56 Å². The van der Waals surface area contributed by atoms with Crippen LogP contribution in [0.5, 0.6) is 11.5 Å². The largest absolute Gasteiger partial charge is 0.486 e. The van der Waals surface area contributed by atoms with Gasteiger partial charge in [-0.1, -0.05) is 0 Å². The second kappa shape index (κ2) is 6.99. The standard InChI is InChI=1S/C19H23N3O4/c1-21-4-6-22(7-5-21)18(23)3-2-13-10-14-11-16-17(26-9-8-25-16)12-15(14)20-19(13)24/h10-12H,2-9H2,1H3,(H,20,24). The van der Waals surface area contributed by atoms with E-state index in [-0.39, 0.29) is 11.5 Å². The normalized spacial score (nSPS) is 17.5. The number of carbonyl (C=O) groups excluding carboxylic acids is 1. The second-order valence-electron chi connectivity index (χ2n) is 6.89. The van der Waals surface area contributed by atoms with Gasteiger partial charge in [-0.2, -0.15) is 0 Å². The average Bonchev–Trinajstić information content (AvgIpc) is 2.65. The summed E-state index contributed by atoms with van der Waals surface area (Å²) in [5.41, 5.74) is 1.19. The van der Waals surface area contributed by atoms with Crippen molar-refractivity contribution in [2.24, 2.45) is 0 Å². The molecule has 2 aromatic rings. The third kappa shape index (κ3) is 3.39. The summed E-state index contributed by atoms with van der Waals surface area (Å²) in [5.74, 6) is 1.45. The molecule has 0 spiro atoms. The van der Waals surface area contributed by atoms with E-state index >= 15 is 0 Å². The molecule has 1 saturated heterocycles. The molecule has 1 fully saturated rings. The fraction of sp³-hybridized carbons (Fsp3) is 0.474. The molecule has 0 saturated carbocycles. The van der Waals surface area contributed by atoms with Crippen LogP contribution in [0.3, 0.4) is 0 Å². The second-order valence-corrected chi connectivity index (χ2v) is 6.89. The number of amides is 1. The Balaban J connectivity index is 1.50. The number of piperazine rings is 1. The molecule has 26 heavy (non-hydrogen) atoms. The van der Waals surface area contributed by atoms with Crippen LogP contribution in [0, 0.1) is 0 Å². The summed E-state index contributed by atoms with van der Waals surface area (Å²) in [6.07, 6.45) is 0.785. The van der Waals surface area contributed by atoms with Crippen molar-refractivity contribution in [1.82, 2.24) is 14.8 Å². The molecule has 0 aliphatic carbocycles. The van der Waals surface area contributed by atoms with Crippen LogP contribution in [0.25, 0.3) is 10.9 Å². The summed E-state index contributed by atoms with van der Waals surface area (Å²) in [6.45, 7) is 4.34. The highest BCUT2D eigenvalue weighted by atomic mass is 16.6. The zero-order chi connectivity index (χ0) is 18.1. The molecule has 0 atom stereocenters. The van der Waals surface area contributed by atoms with E-state index in [1.807, 2.05) is 17.0 Å². The highest BCUT2D eigenvalue weighted by Crippen LogP contribution is 2.33. The Kier molecular flexibility index (Phi) is 4.55. The Morgan fingerprint density at radius 3 is 2.50 bits per heavy atom. The van der Waals surface area contributed by atoms with Gasteiger partial charge in [-0.15, -0.1) is 0 Å². The predicted octanol–water partition coefficient (Wildman–Crippen LogP) is 1.01. The Bertz CT molecular complexity index is 884. The molecule has 2 aliphatic rings. The lowest BCUT2D eigenvalue weighted by atomic mass is 10.1. The van der Waals surface area contributed by atoms with Gasteiger partial charge in [-0.3, -0.25) is 9.59 Å². The minimum Gasteiger partial charge on any atom is -0.486 e. The summed E-state index contributed by atoms with van der Waals surface area (Å²) in [5, 5.41) is 0.885. The van der Waals surface area contributed by atoms with Gasteiger partial charge < -0.3 is 24.3 Å². The molecule has 2 aliphatic heterocycles. The van der Waals surface area contributed by atoms with Crippen molar-refractivity contribution in [3.8, 4) is 11.5 Å². The Hall–Kier alpha value is -2.54. The van der Waals surface area contributed by atoms with Crippen LogP contribution in [0.4, 0.5) is 0 Å². The summed E-state index contributed by atoms with van der Waals surface area (Å²) in [6, 6.07) is 5.53. The molecular formula is C19H23N3O4. The molecular weight excluding hydrogens is 334 g/mol. The lowest BCUT2D eigenvalue weighted by Crippen LogP contribution is -2.47. The third-order valence-electron chi connectivity index (χ3n) is 5.05. The maximum atomic E-state index is 12.4. The van der Waals surface area contributed by atoms with Crippen molar-refractivity contribution >= 4 is 16.8 Å². The van der Waals surface area contributed by atoms with Crippen LogP contribution in [0.15, 0.2) is 23.0 Å². The molecule has 0 bridgehead atoms. The monoisotopic (exact) mass is 357 g/mol. The molecule has 0 radical (unpaired) electrons. The van der Waals surface area contributed by atoms with E-state index in [4.69, 9.17) is 9.47 Å². The number of hydrogen-bond donors (Lipinski definition) is 1. The maximum absolute atomic E-state index is 12.4. The third-order valence-corrected chi connectivity index (χ3v) is 5.05. The van der Waals surface area contributed by atoms with E-state index in [1.165, 1.54) is 0 Å². The highest BCUT2D eigenvalue weighted by Gasteiger charge is 2.19. The summed E-state index contributed by atoms with van der Waals surface area (Å²) in [4.78, 5) is 31.8. The quantitative estimate of drug-likeness (QED) is 0.887. The van der Waals surface area contributed by atoms with Gasteiger partial charge in [-0.05, 0) is 25.6 Å². The van der Waals surface area contributed by atoms with E-state index in [2.05, 4.69) is 16.9 Å². The number of carbonyl (C=O) groups is 1. The number of nitrogens with one attached hydrogen (secondary N) is 1. The lowest BCUT2D eigenvalue weighted by Gasteiger charge is -2.32. The van der Waals surface area contributed by atoms with Crippen molar-refractivity contribution in [2.45, 2.75) is 12.8 Å². The summed E-state index contributed by atoms with van der Waals surface area (Å²) in [7, 11) is 2.06. The van der Waals surface area contributed by atoms with E-state index in [0.29, 0.717) is 48.6 Å². The molecule has 3 heterocycles. The van der Waals surface area contributed by atoms with Crippen molar-refractivity contribution in [3.05, 3.63) is 34.1 Å². The van der Waals surface area contributed by atoms with Crippen LogP contribution in [-0.4, -0.2) is 67.1 Å². The van der Waals surface area contributed by atoms with Gasteiger partial charge in [0.2, 0.25) is 5.91 Å². The molecule has 1 N–H and O–H groups in total. The molecule has 7 nitrogen and oxygen atoms in total. The van der Waals surface area contributed by atoms with Gasteiger partial charge in [0, 0.05) is 49.6 Å². The van der Waals surface area contributed by atoms with Gasteiger partial charge in [0.05, 0.1) is 5.52 Å². The lowest BCUT2D eigenvalue weighted by molar-refractivity contribution is -0.132. The first kappa shape index (κ1) is 16.9. The van der Waals surface area contributed by atoms with Gasteiger partial charge in [0.1, 0.15) is 13.2 Å². The maximum Gasteiger partial charge on any atom is 0.251 e. The van der Waals surface area contributed by atoms with Crippen molar-refractivity contribution in [1.29, 1.82) is 0 Å². The predicted molar refractivity (Wildman–Crippen MR) is 98.0 cm³/mol. The number of H-pyrrole nitrogens is 1. The van der Waals surface area contributed by atoms with Crippen molar-refractivity contribution < 1.29 is 14.3 Å². The number of aromatic nitrogens is 1. The number of ether oxygens (including phenoxy) is 2. The van der Waals surface area contributed by atoms with E-state index < -0.39 is 0 Å². The van der Waals surface area contributed by atoms with Crippen LogP contribution in [0.2, 0.25) is 0 Å². The fourth-order valence-electron chi connectivity index (χ4n) is 3.43. The first-order chi connectivity index (χ1) is 12.6. The number of hydrogen-bond acceptors (Lipinski definition) is 5. The van der Waals surface area contributed by atoms with E-state index in [1.54, 1.807) is 6.07 Å². The SMILES string of the molecule is CN1CCN(C(=O)CCc2cc3cc4c(cc3[nH]c2=O)OCCO4)CC1. The smallest absolute Gasteiger partial charge is 0.251 e. The van der Waals surface area contributed by atoms with Gasteiger partial charge >= 0.3 is 0 Å². The van der Waals surface area contributed by atoms with Gasteiger partial charge in [-0.25, -0.2) is 0 Å². The first-order valence-electron chi connectivity index (χ1n) is 9.02. The number of nitrogens with zero attached hydrogens (tertiary/aromatic N) is 2. The number of fused-ring (bicyclic) bond motifs is 2. The number of pyridine rings is 1. The topological polar surface area (TPSA) is 74.9 Å². The molecule has 1 aromatic carbocycles. The summed E-state index contributed by atoms with van der Waals surface area (Å²) < 4.78 is 11.2. The average molecular weight is 357 g/mol. The van der Waals surface area contributed by atoms with Crippen LogP contribution >= 0.6 is 0 Å². The zero-order valence-corrected chi connectivity index (χ0v) is 14.9. The zero-order valence-electron chi connectivity index (χ0n) is 14.9. The number of likely N-dealkylation sites (N-methyl/N-ethyl adjacent to an activating group) is 1.